The van der Waals surface area contributed by atoms with Gasteiger partial charge < -0.3 is 10.8 Å². The van der Waals surface area contributed by atoms with Crippen molar-refractivity contribution in [2.24, 2.45) is 0 Å². The molecule has 0 amide bonds. The summed E-state index contributed by atoms with van der Waals surface area (Å²) in [5.41, 5.74) is 4.90. The number of carbonyl (C=O) groups excluding carboxylic acids is 1. The number of benzene rings is 1. The molecule has 68 valence electrons. The van der Waals surface area contributed by atoms with Gasteiger partial charge in [0.05, 0.1) is 5.56 Å². The molecule has 0 bridgehead atoms. The van der Waals surface area contributed by atoms with E-state index in [-0.39, 0.29) is 11.3 Å². The minimum absolute atomic E-state index is 0.0474. The molecular formula is C8H6FNO3. The summed E-state index contributed by atoms with van der Waals surface area (Å²) in [5.74, 6) is -3.56. The maximum atomic E-state index is 12.6. The maximum Gasteiger partial charge on any atom is 0.377 e. The van der Waals surface area contributed by atoms with E-state index in [1.54, 1.807) is 0 Å². The summed E-state index contributed by atoms with van der Waals surface area (Å²) in [5, 5.41) is 8.32. The molecule has 0 saturated carbocycles. The van der Waals surface area contributed by atoms with Crippen molar-refractivity contribution in [2.75, 3.05) is 5.73 Å². The van der Waals surface area contributed by atoms with Crippen molar-refractivity contribution in [1.82, 2.24) is 0 Å². The first kappa shape index (κ1) is 9.18. The quantitative estimate of drug-likeness (QED) is 0.401. The van der Waals surface area contributed by atoms with Gasteiger partial charge in [-0.2, -0.15) is 0 Å². The molecule has 3 N–H and O–H groups in total. The first-order chi connectivity index (χ1) is 6.02. The number of aliphatic carboxylic acids is 1. The van der Waals surface area contributed by atoms with Crippen LogP contribution < -0.4 is 5.73 Å². The second-order valence-electron chi connectivity index (χ2n) is 2.37. The van der Waals surface area contributed by atoms with Gasteiger partial charge in [0.1, 0.15) is 5.82 Å². The van der Waals surface area contributed by atoms with E-state index in [1.165, 1.54) is 0 Å². The third-order valence-electron chi connectivity index (χ3n) is 1.45. The Kier molecular flexibility index (Phi) is 2.27. The van der Waals surface area contributed by atoms with E-state index in [4.69, 9.17) is 10.8 Å². The number of carboxylic acid groups (broad SMARTS) is 1. The van der Waals surface area contributed by atoms with Crippen LogP contribution in [0.15, 0.2) is 18.2 Å². The molecule has 0 radical (unpaired) electrons. The first-order valence-electron chi connectivity index (χ1n) is 3.35. The molecule has 0 saturated heterocycles. The van der Waals surface area contributed by atoms with Crippen molar-refractivity contribution in [2.45, 2.75) is 0 Å². The number of nitrogen functional groups attached to an aromatic ring is 1. The predicted molar refractivity (Wildman–Crippen MR) is 42.8 cm³/mol. The van der Waals surface area contributed by atoms with Crippen LogP contribution in [0.1, 0.15) is 10.4 Å². The van der Waals surface area contributed by atoms with Gasteiger partial charge in [0.2, 0.25) is 0 Å². The second-order valence-corrected chi connectivity index (χ2v) is 2.37. The number of Topliss-reactive ketones (excluding diaryl/α,β-unsaturated/α-hetero) is 1. The number of anilines is 1. The zero-order valence-corrected chi connectivity index (χ0v) is 6.45. The second kappa shape index (κ2) is 3.22. The highest BCUT2D eigenvalue weighted by atomic mass is 19.1. The highest BCUT2D eigenvalue weighted by Gasteiger charge is 2.17. The van der Waals surface area contributed by atoms with Gasteiger partial charge in [-0.15, -0.1) is 0 Å². The molecule has 13 heavy (non-hydrogen) atoms. The molecule has 1 aromatic rings. The highest BCUT2D eigenvalue weighted by molar-refractivity contribution is 6.41. The Hall–Kier alpha value is -1.91. The van der Waals surface area contributed by atoms with Gasteiger partial charge in [-0.3, -0.25) is 4.79 Å². The van der Waals surface area contributed by atoms with E-state index in [2.05, 4.69) is 0 Å². The Labute approximate surface area is 72.8 Å². The molecular weight excluding hydrogens is 177 g/mol. The lowest BCUT2D eigenvalue weighted by Crippen LogP contribution is -2.14. The molecule has 1 aromatic carbocycles. The largest absolute Gasteiger partial charge is 0.475 e. The third kappa shape index (κ3) is 1.81. The number of ketones is 1. The smallest absolute Gasteiger partial charge is 0.377 e. The summed E-state index contributed by atoms with van der Waals surface area (Å²) in [6.45, 7) is 0. The summed E-state index contributed by atoms with van der Waals surface area (Å²) in [6, 6.07) is 2.99. The molecule has 0 aromatic heterocycles. The average Bonchev–Trinajstić information content (AvgIpc) is 2.08. The molecule has 0 fully saturated rings. The van der Waals surface area contributed by atoms with Crippen LogP contribution in [0.5, 0.6) is 0 Å². The third-order valence-corrected chi connectivity index (χ3v) is 1.45. The lowest BCUT2D eigenvalue weighted by Gasteiger charge is -2.00. The van der Waals surface area contributed by atoms with Crippen LogP contribution in [0.3, 0.4) is 0 Å². The van der Waals surface area contributed by atoms with Gasteiger partial charge >= 0.3 is 5.97 Å². The summed E-state index contributed by atoms with van der Waals surface area (Å²) >= 11 is 0. The molecule has 0 aliphatic rings. The zero-order chi connectivity index (χ0) is 10.0. The average molecular weight is 183 g/mol. The number of halogens is 1. The topological polar surface area (TPSA) is 80.4 Å². The van der Waals surface area contributed by atoms with Crippen LogP contribution in [-0.2, 0) is 4.79 Å². The molecule has 0 aliphatic heterocycles. The number of carbonyl (C=O) groups is 2. The SMILES string of the molecule is Nc1ccc(F)cc1C(=O)C(=O)O. The van der Waals surface area contributed by atoms with E-state index in [9.17, 15) is 14.0 Å². The van der Waals surface area contributed by atoms with E-state index < -0.39 is 17.6 Å². The van der Waals surface area contributed by atoms with Gasteiger partial charge in [-0.05, 0) is 18.2 Å². The van der Waals surface area contributed by atoms with Crippen LogP contribution in [0.4, 0.5) is 10.1 Å². The summed E-state index contributed by atoms with van der Waals surface area (Å²) < 4.78 is 12.6. The van der Waals surface area contributed by atoms with Gasteiger partial charge in [0.25, 0.3) is 5.78 Å². The summed E-state index contributed by atoms with van der Waals surface area (Å²) in [4.78, 5) is 21.1. The van der Waals surface area contributed by atoms with Gasteiger partial charge in [-0.25, -0.2) is 9.18 Å². The van der Waals surface area contributed by atoms with Crippen molar-refractivity contribution < 1.29 is 19.1 Å². The predicted octanol–water partition coefficient (Wildman–Crippen LogP) is 0.675. The number of hydrogen-bond donors (Lipinski definition) is 2. The van der Waals surface area contributed by atoms with Crippen LogP contribution >= 0.6 is 0 Å². The lowest BCUT2D eigenvalue weighted by molar-refractivity contribution is -0.131. The van der Waals surface area contributed by atoms with Crippen LogP contribution in [-0.4, -0.2) is 16.9 Å². The van der Waals surface area contributed by atoms with Gasteiger partial charge in [0, 0.05) is 5.69 Å². The normalized spacial score (nSPS) is 9.62. The fraction of sp³-hybridized carbons (Fsp3) is 0. The molecule has 0 atom stereocenters. The van der Waals surface area contributed by atoms with Crippen molar-refractivity contribution >= 4 is 17.4 Å². The number of carboxylic acids is 1. The summed E-state index contributed by atoms with van der Waals surface area (Å²) in [6.07, 6.45) is 0. The highest BCUT2D eigenvalue weighted by Crippen LogP contribution is 2.13. The molecule has 0 spiro atoms. The van der Waals surface area contributed by atoms with E-state index in [0.29, 0.717) is 0 Å². The van der Waals surface area contributed by atoms with E-state index in [0.717, 1.165) is 18.2 Å². The Morgan fingerprint density at radius 2 is 2.00 bits per heavy atom. The van der Waals surface area contributed by atoms with Crippen molar-refractivity contribution in [3.05, 3.63) is 29.6 Å². The number of hydrogen-bond acceptors (Lipinski definition) is 3. The minimum Gasteiger partial charge on any atom is -0.475 e. The molecule has 0 unspecified atom stereocenters. The molecule has 1 rings (SSSR count). The fourth-order valence-corrected chi connectivity index (χ4v) is 0.840. The standard InChI is InChI=1S/C8H6FNO3/c9-4-1-2-6(10)5(3-4)7(11)8(12)13/h1-3H,10H2,(H,12,13). The lowest BCUT2D eigenvalue weighted by atomic mass is 10.1. The van der Waals surface area contributed by atoms with Gasteiger partial charge in [0.15, 0.2) is 0 Å². The van der Waals surface area contributed by atoms with E-state index in [1.807, 2.05) is 0 Å². The first-order valence-corrected chi connectivity index (χ1v) is 3.35. The molecule has 0 heterocycles. The maximum absolute atomic E-state index is 12.6. The molecule has 4 nitrogen and oxygen atoms in total. The fourth-order valence-electron chi connectivity index (χ4n) is 0.840. The van der Waals surface area contributed by atoms with Crippen LogP contribution in [0.2, 0.25) is 0 Å². The minimum atomic E-state index is -1.66. The Balaban J connectivity index is 3.21. The van der Waals surface area contributed by atoms with E-state index >= 15 is 0 Å². The Morgan fingerprint density at radius 1 is 1.38 bits per heavy atom. The monoisotopic (exact) mass is 183 g/mol. The zero-order valence-electron chi connectivity index (χ0n) is 6.45. The van der Waals surface area contributed by atoms with Crippen molar-refractivity contribution in [3.8, 4) is 0 Å². The van der Waals surface area contributed by atoms with Crippen LogP contribution in [0, 0.1) is 5.82 Å². The number of rotatable bonds is 2. The number of nitrogens with two attached hydrogens (primary N) is 1. The Morgan fingerprint density at radius 3 is 2.54 bits per heavy atom. The van der Waals surface area contributed by atoms with Crippen molar-refractivity contribution in [1.29, 1.82) is 0 Å². The van der Waals surface area contributed by atoms with Gasteiger partial charge in [-0.1, -0.05) is 0 Å². The van der Waals surface area contributed by atoms with Crippen LogP contribution in [0.25, 0.3) is 0 Å². The molecule has 5 heteroatoms. The summed E-state index contributed by atoms with van der Waals surface area (Å²) in [7, 11) is 0. The molecule has 0 aliphatic carbocycles. The Bertz CT molecular complexity index is 376. The van der Waals surface area contributed by atoms with Crippen molar-refractivity contribution in [3.63, 3.8) is 0 Å².